The molecule has 2 aliphatic rings. The van der Waals surface area contributed by atoms with E-state index in [4.69, 9.17) is 4.74 Å². The molecule has 98 valence electrons. The lowest BCUT2D eigenvalue weighted by Gasteiger charge is -2.26. The molecule has 1 saturated heterocycles. The van der Waals surface area contributed by atoms with Crippen LogP contribution in [0, 0.1) is 0 Å². The maximum Gasteiger partial charge on any atom is 0.0594 e. The van der Waals surface area contributed by atoms with Crippen molar-refractivity contribution in [3.05, 3.63) is 29.6 Å². The molecular weight excluding hydrogens is 226 g/mol. The zero-order chi connectivity index (χ0) is 12.2. The van der Waals surface area contributed by atoms with Crippen molar-refractivity contribution in [2.75, 3.05) is 26.3 Å². The molecule has 1 aliphatic carbocycles. The maximum atomic E-state index is 5.38. The van der Waals surface area contributed by atoms with E-state index in [1.54, 1.807) is 0 Å². The highest BCUT2D eigenvalue weighted by Crippen LogP contribution is 2.20. The van der Waals surface area contributed by atoms with Crippen molar-refractivity contribution in [3.8, 4) is 0 Å². The molecule has 0 atom stereocenters. The highest BCUT2D eigenvalue weighted by atomic mass is 16.5. The van der Waals surface area contributed by atoms with Crippen LogP contribution in [0.4, 0.5) is 0 Å². The van der Waals surface area contributed by atoms with Crippen LogP contribution in [-0.2, 0) is 17.8 Å². The van der Waals surface area contributed by atoms with Crippen LogP contribution in [0.15, 0.2) is 18.3 Å². The molecular formula is C14H21N3O. The second kappa shape index (κ2) is 5.78. The number of rotatable bonds is 5. The fourth-order valence-electron chi connectivity index (χ4n) is 2.29. The van der Waals surface area contributed by atoms with E-state index in [-0.39, 0.29) is 0 Å². The van der Waals surface area contributed by atoms with Crippen molar-refractivity contribution in [3.63, 3.8) is 0 Å². The topological polar surface area (TPSA) is 37.4 Å². The molecule has 0 unspecified atom stereocenters. The van der Waals surface area contributed by atoms with Gasteiger partial charge in [0, 0.05) is 38.4 Å². The SMILES string of the molecule is c1cnc(CN2CCOCC2)c(CNC2CC2)c1. The highest BCUT2D eigenvalue weighted by molar-refractivity contribution is 5.20. The molecule has 0 spiro atoms. The number of morpholine rings is 1. The van der Waals surface area contributed by atoms with Gasteiger partial charge in [-0.2, -0.15) is 0 Å². The zero-order valence-electron chi connectivity index (χ0n) is 10.8. The van der Waals surface area contributed by atoms with E-state index in [1.807, 2.05) is 12.3 Å². The number of hydrogen-bond donors (Lipinski definition) is 1. The Labute approximate surface area is 108 Å². The first kappa shape index (κ1) is 12.1. The Morgan fingerprint density at radius 1 is 1.33 bits per heavy atom. The van der Waals surface area contributed by atoms with Crippen LogP contribution in [0.3, 0.4) is 0 Å². The minimum Gasteiger partial charge on any atom is -0.379 e. The standard InChI is InChI=1S/C14H21N3O/c1-2-12(10-16-13-3-4-13)14(15-5-1)11-17-6-8-18-9-7-17/h1-2,5,13,16H,3-4,6-11H2. The summed E-state index contributed by atoms with van der Waals surface area (Å²) in [7, 11) is 0. The Bertz CT molecular complexity index is 386. The molecule has 1 saturated carbocycles. The average Bonchev–Trinajstić information content (AvgIpc) is 3.23. The van der Waals surface area contributed by atoms with E-state index in [0.29, 0.717) is 0 Å². The molecule has 18 heavy (non-hydrogen) atoms. The van der Waals surface area contributed by atoms with Gasteiger partial charge in [0.1, 0.15) is 0 Å². The number of ether oxygens (including phenoxy) is 1. The first-order chi connectivity index (χ1) is 8.92. The van der Waals surface area contributed by atoms with Gasteiger partial charge >= 0.3 is 0 Å². The summed E-state index contributed by atoms with van der Waals surface area (Å²) in [5.41, 5.74) is 2.56. The molecule has 1 aromatic heterocycles. The van der Waals surface area contributed by atoms with Crippen LogP contribution in [0.5, 0.6) is 0 Å². The van der Waals surface area contributed by atoms with Crippen molar-refractivity contribution in [1.29, 1.82) is 0 Å². The molecule has 1 aromatic rings. The lowest BCUT2D eigenvalue weighted by atomic mass is 10.1. The van der Waals surface area contributed by atoms with Crippen LogP contribution < -0.4 is 5.32 Å². The van der Waals surface area contributed by atoms with E-state index in [1.165, 1.54) is 24.1 Å². The van der Waals surface area contributed by atoms with Gasteiger partial charge in [0.25, 0.3) is 0 Å². The third-order valence-electron chi connectivity index (χ3n) is 3.62. The number of aromatic nitrogens is 1. The second-order valence-corrected chi connectivity index (χ2v) is 5.15. The van der Waals surface area contributed by atoms with Gasteiger partial charge in [0.2, 0.25) is 0 Å². The lowest BCUT2D eigenvalue weighted by molar-refractivity contribution is 0.0335. The van der Waals surface area contributed by atoms with Gasteiger partial charge in [-0.15, -0.1) is 0 Å². The Hall–Kier alpha value is -0.970. The fraction of sp³-hybridized carbons (Fsp3) is 0.643. The summed E-state index contributed by atoms with van der Waals surface area (Å²) < 4.78 is 5.38. The molecule has 2 fully saturated rings. The van der Waals surface area contributed by atoms with Crippen LogP contribution >= 0.6 is 0 Å². The predicted octanol–water partition coefficient (Wildman–Crippen LogP) is 1.17. The normalized spacial score (nSPS) is 21.1. The molecule has 0 radical (unpaired) electrons. The highest BCUT2D eigenvalue weighted by Gasteiger charge is 2.21. The Balaban J connectivity index is 1.61. The Morgan fingerprint density at radius 2 is 2.17 bits per heavy atom. The second-order valence-electron chi connectivity index (χ2n) is 5.15. The Morgan fingerprint density at radius 3 is 2.94 bits per heavy atom. The molecule has 1 aliphatic heterocycles. The van der Waals surface area contributed by atoms with E-state index in [9.17, 15) is 0 Å². The molecule has 0 aromatic carbocycles. The molecule has 0 bridgehead atoms. The van der Waals surface area contributed by atoms with Crippen molar-refractivity contribution in [2.45, 2.75) is 32.0 Å². The van der Waals surface area contributed by atoms with Gasteiger partial charge in [0.15, 0.2) is 0 Å². The third-order valence-corrected chi connectivity index (χ3v) is 3.62. The average molecular weight is 247 g/mol. The summed E-state index contributed by atoms with van der Waals surface area (Å²) in [6, 6.07) is 4.98. The number of nitrogens with zero attached hydrogens (tertiary/aromatic N) is 2. The van der Waals surface area contributed by atoms with Gasteiger partial charge in [-0.1, -0.05) is 6.07 Å². The number of hydrogen-bond acceptors (Lipinski definition) is 4. The summed E-state index contributed by atoms with van der Waals surface area (Å²) in [5.74, 6) is 0. The molecule has 4 heteroatoms. The number of nitrogens with one attached hydrogen (secondary N) is 1. The quantitative estimate of drug-likeness (QED) is 0.847. The van der Waals surface area contributed by atoms with Crippen LogP contribution in [0.1, 0.15) is 24.1 Å². The summed E-state index contributed by atoms with van der Waals surface area (Å²) in [5, 5.41) is 3.57. The third kappa shape index (κ3) is 3.28. The first-order valence-corrected chi connectivity index (χ1v) is 6.88. The first-order valence-electron chi connectivity index (χ1n) is 6.88. The van der Waals surface area contributed by atoms with Gasteiger partial charge in [-0.05, 0) is 24.5 Å². The van der Waals surface area contributed by atoms with Crippen molar-refractivity contribution in [1.82, 2.24) is 15.2 Å². The lowest BCUT2D eigenvalue weighted by Crippen LogP contribution is -2.36. The zero-order valence-corrected chi connectivity index (χ0v) is 10.8. The fourth-order valence-corrected chi connectivity index (χ4v) is 2.29. The predicted molar refractivity (Wildman–Crippen MR) is 70.2 cm³/mol. The van der Waals surface area contributed by atoms with E-state index < -0.39 is 0 Å². The molecule has 3 rings (SSSR count). The van der Waals surface area contributed by atoms with Crippen molar-refractivity contribution >= 4 is 0 Å². The smallest absolute Gasteiger partial charge is 0.0594 e. The Kier molecular flexibility index (Phi) is 3.88. The van der Waals surface area contributed by atoms with E-state index in [0.717, 1.165) is 45.4 Å². The maximum absolute atomic E-state index is 5.38. The van der Waals surface area contributed by atoms with Crippen molar-refractivity contribution in [2.24, 2.45) is 0 Å². The van der Waals surface area contributed by atoms with Crippen LogP contribution in [0.25, 0.3) is 0 Å². The van der Waals surface area contributed by atoms with Gasteiger partial charge < -0.3 is 10.1 Å². The molecule has 2 heterocycles. The van der Waals surface area contributed by atoms with Gasteiger partial charge in [0.05, 0.1) is 18.9 Å². The largest absolute Gasteiger partial charge is 0.379 e. The van der Waals surface area contributed by atoms with Crippen LogP contribution in [-0.4, -0.2) is 42.2 Å². The summed E-state index contributed by atoms with van der Waals surface area (Å²) in [6.07, 6.45) is 4.56. The summed E-state index contributed by atoms with van der Waals surface area (Å²) in [4.78, 5) is 6.97. The summed E-state index contributed by atoms with van der Waals surface area (Å²) >= 11 is 0. The van der Waals surface area contributed by atoms with Gasteiger partial charge in [-0.25, -0.2) is 0 Å². The molecule has 0 amide bonds. The molecule has 1 N–H and O–H groups in total. The van der Waals surface area contributed by atoms with Gasteiger partial charge in [-0.3, -0.25) is 9.88 Å². The minimum atomic E-state index is 0.751. The van der Waals surface area contributed by atoms with E-state index in [2.05, 4.69) is 21.3 Å². The minimum absolute atomic E-state index is 0.751. The van der Waals surface area contributed by atoms with E-state index >= 15 is 0 Å². The van der Waals surface area contributed by atoms with Crippen LogP contribution in [0.2, 0.25) is 0 Å². The number of pyridine rings is 1. The summed E-state index contributed by atoms with van der Waals surface area (Å²) in [6.45, 7) is 5.65. The molecule has 4 nitrogen and oxygen atoms in total. The monoisotopic (exact) mass is 247 g/mol. The van der Waals surface area contributed by atoms with Crippen molar-refractivity contribution < 1.29 is 4.74 Å².